The third-order valence-corrected chi connectivity index (χ3v) is 3.84. The van der Waals surface area contributed by atoms with E-state index in [9.17, 15) is 4.79 Å². The number of benzene rings is 2. The van der Waals surface area contributed by atoms with E-state index in [0.717, 1.165) is 28.8 Å². The molecule has 2 aromatic carbocycles. The molecule has 2 nitrogen and oxygen atoms in total. The smallest absolute Gasteiger partial charge is 0.242 e. The summed E-state index contributed by atoms with van der Waals surface area (Å²) >= 11 is 6.01. The van der Waals surface area contributed by atoms with Crippen LogP contribution in [-0.2, 0) is 11.2 Å². The van der Waals surface area contributed by atoms with Gasteiger partial charge in [0, 0.05) is 5.69 Å². The number of hydrogen-bond donors (Lipinski definition) is 1. The maximum absolute atomic E-state index is 11.8. The Labute approximate surface area is 117 Å². The van der Waals surface area contributed by atoms with Crippen LogP contribution in [0.5, 0.6) is 0 Å². The number of aryl methyl sites for hydroxylation is 1. The monoisotopic (exact) mass is 271 g/mol. The molecule has 3 heteroatoms. The first-order valence-corrected chi connectivity index (χ1v) is 6.81. The van der Waals surface area contributed by atoms with E-state index in [1.165, 1.54) is 0 Å². The number of alkyl halides is 1. The van der Waals surface area contributed by atoms with Crippen LogP contribution in [0.1, 0.15) is 12.0 Å². The van der Waals surface area contributed by atoms with Crippen molar-refractivity contribution >= 4 is 23.2 Å². The predicted molar refractivity (Wildman–Crippen MR) is 78.5 cm³/mol. The van der Waals surface area contributed by atoms with Crippen molar-refractivity contribution in [3.8, 4) is 11.1 Å². The molecule has 1 aliphatic rings. The van der Waals surface area contributed by atoms with Crippen molar-refractivity contribution in [3.63, 3.8) is 0 Å². The first-order chi connectivity index (χ1) is 9.24. The lowest BCUT2D eigenvalue weighted by molar-refractivity contribution is -0.115. The average Bonchev–Trinajstić information content (AvgIpc) is 2.59. The Morgan fingerprint density at radius 2 is 1.84 bits per heavy atom. The van der Waals surface area contributed by atoms with Crippen molar-refractivity contribution in [1.82, 2.24) is 0 Å². The van der Waals surface area contributed by atoms with Crippen LogP contribution < -0.4 is 5.32 Å². The molecule has 0 aliphatic carbocycles. The number of amides is 1. The highest BCUT2D eigenvalue weighted by Crippen LogP contribution is 2.29. The predicted octanol–water partition coefficient (Wildman–Crippen LogP) is 3.85. The van der Waals surface area contributed by atoms with Gasteiger partial charge in [0.15, 0.2) is 0 Å². The number of rotatable bonds is 1. The molecule has 2 aromatic rings. The summed E-state index contributed by atoms with van der Waals surface area (Å²) in [5.74, 6) is -0.106. The molecule has 1 N–H and O–H groups in total. The van der Waals surface area contributed by atoms with Crippen molar-refractivity contribution < 1.29 is 4.79 Å². The first kappa shape index (κ1) is 12.2. The topological polar surface area (TPSA) is 29.1 Å². The summed E-state index contributed by atoms with van der Waals surface area (Å²) in [6.07, 6.45) is 1.52. The van der Waals surface area contributed by atoms with Crippen LogP contribution in [0.15, 0.2) is 48.5 Å². The highest BCUT2D eigenvalue weighted by molar-refractivity contribution is 6.32. The summed E-state index contributed by atoms with van der Waals surface area (Å²) in [6, 6.07) is 16.3. The number of carbonyl (C=O) groups excluding carboxylic acids is 1. The Hall–Kier alpha value is -1.80. The lowest BCUT2D eigenvalue weighted by atomic mass is 10.0. The van der Waals surface area contributed by atoms with Gasteiger partial charge in [-0.3, -0.25) is 4.79 Å². The molecule has 19 heavy (non-hydrogen) atoms. The van der Waals surface area contributed by atoms with Crippen LogP contribution >= 0.6 is 11.6 Å². The second-order valence-corrected chi connectivity index (χ2v) is 5.26. The first-order valence-electron chi connectivity index (χ1n) is 6.37. The summed E-state index contributed by atoms with van der Waals surface area (Å²) in [7, 11) is 0. The second-order valence-electron chi connectivity index (χ2n) is 4.73. The second kappa shape index (κ2) is 5.06. The van der Waals surface area contributed by atoms with Crippen LogP contribution in [0.2, 0.25) is 0 Å². The lowest BCUT2D eigenvalue weighted by Crippen LogP contribution is -2.21. The zero-order valence-corrected chi connectivity index (χ0v) is 11.2. The molecule has 1 heterocycles. The maximum Gasteiger partial charge on any atom is 0.242 e. The quantitative estimate of drug-likeness (QED) is 0.785. The van der Waals surface area contributed by atoms with E-state index in [-0.39, 0.29) is 5.91 Å². The van der Waals surface area contributed by atoms with Crippen molar-refractivity contribution in [2.24, 2.45) is 0 Å². The highest BCUT2D eigenvalue weighted by atomic mass is 35.5. The molecule has 1 atom stereocenters. The van der Waals surface area contributed by atoms with Gasteiger partial charge in [-0.1, -0.05) is 42.5 Å². The van der Waals surface area contributed by atoms with Crippen molar-refractivity contribution in [2.75, 3.05) is 5.32 Å². The number of anilines is 1. The minimum Gasteiger partial charge on any atom is -0.325 e. The van der Waals surface area contributed by atoms with E-state index in [1.54, 1.807) is 0 Å². The van der Waals surface area contributed by atoms with Crippen LogP contribution in [0.4, 0.5) is 5.69 Å². The van der Waals surface area contributed by atoms with Gasteiger partial charge in [-0.15, -0.1) is 11.6 Å². The van der Waals surface area contributed by atoms with E-state index in [1.807, 2.05) is 24.3 Å². The molecular weight excluding hydrogens is 258 g/mol. The van der Waals surface area contributed by atoms with Gasteiger partial charge in [-0.05, 0) is 35.6 Å². The molecule has 0 spiro atoms. The van der Waals surface area contributed by atoms with Crippen molar-refractivity contribution in [3.05, 3.63) is 54.1 Å². The molecule has 0 saturated heterocycles. The Balaban J connectivity index is 2.00. The minimum absolute atomic E-state index is 0.106. The van der Waals surface area contributed by atoms with Gasteiger partial charge in [0.05, 0.1) is 0 Å². The summed E-state index contributed by atoms with van der Waals surface area (Å²) < 4.78 is 0. The summed E-state index contributed by atoms with van der Waals surface area (Å²) in [4.78, 5) is 11.8. The molecule has 0 saturated carbocycles. The number of fused-ring (bicyclic) bond motifs is 1. The molecule has 0 radical (unpaired) electrons. The van der Waals surface area contributed by atoms with E-state index < -0.39 is 5.38 Å². The summed E-state index contributed by atoms with van der Waals surface area (Å²) in [6.45, 7) is 0. The van der Waals surface area contributed by atoms with Gasteiger partial charge in [0.1, 0.15) is 5.38 Å². The number of nitrogens with one attached hydrogen (secondary N) is 1. The molecule has 0 aromatic heterocycles. The van der Waals surface area contributed by atoms with Crippen molar-refractivity contribution in [2.45, 2.75) is 18.2 Å². The van der Waals surface area contributed by atoms with Gasteiger partial charge in [-0.25, -0.2) is 0 Å². The molecular formula is C16H14ClNO. The standard InChI is InChI=1S/C16H14ClNO/c17-14-9-8-12-6-7-13(10-15(12)18-16(14)19)11-4-2-1-3-5-11/h1-7,10,14H,8-9H2,(H,18,19). The van der Waals surface area contributed by atoms with E-state index in [2.05, 4.69) is 29.6 Å². The minimum atomic E-state index is -0.437. The number of hydrogen-bond acceptors (Lipinski definition) is 1. The zero-order valence-electron chi connectivity index (χ0n) is 10.4. The molecule has 3 rings (SSSR count). The van der Waals surface area contributed by atoms with Gasteiger partial charge >= 0.3 is 0 Å². The van der Waals surface area contributed by atoms with Crippen LogP contribution in [0.25, 0.3) is 11.1 Å². The van der Waals surface area contributed by atoms with E-state index >= 15 is 0 Å². The molecule has 96 valence electrons. The molecule has 0 bridgehead atoms. The zero-order chi connectivity index (χ0) is 13.2. The molecule has 0 fully saturated rings. The lowest BCUT2D eigenvalue weighted by Gasteiger charge is -2.09. The Morgan fingerprint density at radius 1 is 1.05 bits per heavy atom. The number of carbonyl (C=O) groups is 1. The van der Waals surface area contributed by atoms with E-state index in [4.69, 9.17) is 11.6 Å². The third kappa shape index (κ3) is 2.49. The van der Waals surface area contributed by atoms with Gasteiger partial charge in [-0.2, -0.15) is 0 Å². The van der Waals surface area contributed by atoms with Crippen molar-refractivity contribution in [1.29, 1.82) is 0 Å². The largest absolute Gasteiger partial charge is 0.325 e. The third-order valence-electron chi connectivity index (χ3n) is 3.43. The Kier molecular flexibility index (Phi) is 3.26. The highest BCUT2D eigenvalue weighted by Gasteiger charge is 2.21. The van der Waals surface area contributed by atoms with Gasteiger partial charge in [0.25, 0.3) is 0 Å². The van der Waals surface area contributed by atoms with Crippen LogP contribution in [-0.4, -0.2) is 11.3 Å². The van der Waals surface area contributed by atoms with Crippen LogP contribution in [0.3, 0.4) is 0 Å². The van der Waals surface area contributed by atoms with Crippen LogP contribution in [0, 0.1) is 0 Å². The Bertz CT molecular complexity index is 609. The van der Waals surface area contributed by atoms with E-state index in [0.29, 0.717) is 6.42 Å². The SMILES string of the molecule is O=C1Nc2cc(-c3ccccc3)ccc2CCC1Cl. The fourth-order valence-electron chi connectivity index (χ4n) is 2.35. The van der Waals surface area contributed by atoms with Gasteiger partial charge < -0.3 is 5.32 Å². The molecule has 1 unspecified atom stereocenters. The number of halogens is 1. The average molecular weight is 272 g/mol. The summed E-state index contributed by atoms with van der Waals surface area (Å²) in [5, 5.41) is 2.47. The molecule has 1 aliphatic heterocycles. The fourth-order valence-corrected chi connectivity index (χ4v) is 2.51. The fraction of sp³-hybridized carbons (Fsp3) is 0.188. The summed E-state index contributed by atoms with van der Waals surface area (Å²) in [5.41, 5.74) is 4.28. The maximum atomic E-state index is 11.8. The van der Waals surface area contributed by atoms with Gasteiger partial charge in [0.2, 0.25) is 5.91 Å². The Morgan fingerprint density at radius 3 is 2.63 bits per heavy atom. The molecule has 1 amide bonds. The normalized spacial score (nSPS) is 18.4.